The van der Waals surface area contributed by atoms with Crippen molar-refractivity contribution in [2.45, 2.75) is 6.54 Å². The summed E-state index contributed by atoms with van der Waals surface area (Å²) in [4.78, 5) is 16.0. The van der Waals surface area contributed by atoms with Crippen LogP contribution in [0, 0.1) is 11.3 Å². The first-order valence-electron chi connectivity index (χ1n) is 7.41. The number of imidazole rings is 1. The van der Waals surface area contributed by atoms with Crippen LogP contribution in [-0.2, 0) is 11.3 Å². The first-order chi connectivity index (χ1) is 11.7. The lowest BCUT2D eigenvalue weighted by Gasteiger charge is -2.01. The molecule has 24 heavy (non-hydrogen) atoms. The predicted molar refractivity (Wildman–Crippen MR) is 92.1 cm³/mol. The molecule has 5 nitrogen and oxygen atoms in total. The van der Waals surface area contributed by atoms with E-state index in [4.69, 9.17) is 5.26 Å². The maximum atomic E-state index is 11.4. The highest BCUT2D eigenvalue weighted by Gasteiger charge is 2.07. The molecule has 0 atom stereocenters. The number of rotatable bonds is 4. The van der Waals surface area contributed by atoms with Gasteiger partial charge in [-0.05, 0) is 35.9 Å². The molecule has 0 bridgehead atoms. The third kappa shape index (κ3) is 3.03. The minimum atomic E-state index is -0.360. The number of nitrogens with zero attached hydrogens (tertiary/aromatic N) is 3. The Balaban J connectivity index is 1.91. The molecular formula is C19H15N3O2. The lowest BCUT2D eigenvalue weighted by Crippen LogP contribution is -2.00. The lowest BCUT2D eigenvalue weighted by molar-refractivity contribution is 0.0600. The fraction of sp³-hybridized carbons (Fsp3) is 0.105. The lowest BCUT2D eigenvalue weighted by atomic mass is 10.1. The monoisotopic (exact) mass is 317 g/mol. The largest absolute Gasteiger partial charge is 0.465 e. The average molecular weight is 317 g/mol. The summed E-state index contributed by atoms with van der Waals surface area (Å²) in [5.41, 5.74) is 3.22. The van der Waals surface area contributed by atoms with Crippen molar-refractivity contribution >= 4 is 29.2 Å². The van der Waals surface area contributed by atoms with E-state index in [0.717, 1.165) is 22.4 Å². The van der Waals surface area contributed by atoms with E-state index in [-0.39, 0.29) is 12.5 Å². The topological polar surface area (TPSA) is 67.9 Å². The second-order valence-electron chi connectivity index (χ2n) is 5.15. The van der Waals surface area contributed by atoms with E-state index in [9.17, 15) is 4.79 Å². The molecule has 1 aromatic heterocycles. The molecule has 0 aliphatic heterocycles. The van der Waals surface area contributed by atoms with Crippen molar-refractivity contribution in [3.8, 4) is 6.07 Å². The predicted octanol–water partition coefficient (Wildman–Crippen LogP) is 3.52. The summed E-state index contributed by atoms with van der Waals surface area (Å²) in [6.45, 7) is 0.238. The van der Waals surface area contributed by atoms with Gasteiger partial charge in [-0.1, -0.05) is 30.3 Å². The summed E-state index contributed by atoms with van der Waals surface area (Å²) in [7, 11) is 1.36. The summed E-state index contributed by atoms with van der Waals surface area (Å²) in [6, 6.07) is 17.0. The Labute approximate surface area is 139 Å². The van der Waals surface area contributed by atoms with Crippen LogP contribution in [0.2, 0.25) is 0 Å². The van der Waals surface area contributed by atoms with Gasteiger partial charge >= 0.3 is 5.97 Å². The minimum Gasteiger partial charge on any atom is -0.465 e. The van der Waals surface area contributed by atoms with Crippen molar-refractivity contribution in [2.75, 3.05) is 7.11 Å². The number of ether oxygens (including phenoxy) is 1. The second kappa shape index (κ2) is 6.80. The van der Waals surface area contributed by atoms with E-state index >= 15 is 0 Å². The zero-order valence-corrected chi connectivity index (χ0v) is 13.1. The smallest absolute Gasteiger partial charge is 0.337 e. The van der Waals surface area contributed by atoms with Crippen LogP contribution in [0.1, 0.15) is 21.7 Å². The number of benzene rings is 2. The van der Waals surface area contributed by atoms with E-state index in [2.05, 4.69) is 15.8 Å². The molecule has 0 spiro atoms. The summed E-state index contributed by atoms with van der Waals surface area (Å²) in [5, 5.41) is 9.05. The molecule has 0 aliphatic rings. The maximum Gasteiger partial charge on any atom is 0.337 e. The van der Waals surface area contributed by atoms with E-state index in [0.29, 0.717) is 5.56 Å². The molecular weight excluding hydrogens is 302 g/mol. The quantitative estimate of drug-likeness (QED) is 0.690. The van der Waals surface area contributed by atoms with Gasteiger partial charge < -0.3 is 9.30 Å². The van der Waals surface area contributed by atoms with E-state index < -0.39 is 0 Å². The van der Waals surface area contributed by atoms with Crippen LogP contribution >= 0.6 is 0 Å². The third-order valence-electron chi connectivity index (χ3n) is 3.67. The van der Waals surface area contributed by atoms with Crippen LogP contribution < -0.4 is 0 Å². The molecule has 0 saturated carbocycles. The summed E-state index contributed by atoms with van der Waals surface area (Å²) >= 11 is 0. The molecule has 0 aliphatic carbocycles. The normalized spacial score (nSPS) is 10.8. The summed E-state index contributed by atoms with van der Waals surface area (Å²) < 4.78 is 6.55. The molecule has 118 valence electrons. The van der Waals surface area contributed by atoms with Crippen molar-refractivity contribution in [1.82, 2.24) is 9.55 Å². The van der Waals surface area contributed by atoms with Gasteiger partial charge in [-0.3, -0.25) is 0 Å². The molecule has 0 unspecified atom stereocenters. The van der Waals surface area contributed by atoms with Gasteiger partial charge in [0.2, 0.25) is 0 Å². The SMILES string of the molecule is COC(=O)c1ccc(/C=C/c2nc3ccccc3n2CC#N)cc1. The van der Waals surface area contributed by atoms with Crippen LogP contribution in [0.3, 0.4) is 0 Å². The van der Waals surface area contributed by atoms with E-state index in [1.54, 1.807) is 12.1 Å². The fourth-order valence-corrected chi connectivity index (χ4v) is 2.48. The number of nitriles is 1. The van der Waals surface area contributed by atoms with Gasteiger partial charge in [-0.15, -0.1) is 0 Å². The maximum absolute atomic E-state index is 11.4. The highest BCUT2D eigenvalue weighted by molar-refractivity contribution is 5.89. The van der Waals surface area contributed by atoms with Gasteiger partial charge in [-0.2, -0.15) is 5.26 Å². The number of carbonyl (C=O) groups excluding carboxylic acids is 1. The van der Waals surface area contributed by atoms with Gasteiger partial charge in [0.05, 0.1) is 29.8 Å². The number of hydrogen-bond donors (Lipinski definition) is 0. The summed E-state index contributed by atoms with van der Waals surface area (Å²) in [6.07, 6.45) is 3.76. The Bertz CT molecular complexity index is 947. The van der Waals surface area contributed by atoms with Crippen LogP contribution in [-0.4, -0.2) is 22.6 Å². The highest BCUT2D eigenvalue weighted by Crippen LogP contribution is 2.18. The molecule has 2 aromatic carbocycles. The van der Waals surface area contributed by atoms with Crippen LogP contribution in [0.15, 0.2) is 48.5 Å². The molecule has 3 rings (SSSR count). The number of carbonyl (C=O) groups is 1. The molecule has 0 radical (unpaired) electrons. The van der Waals surface area contributed by atoms with Crippen LogP contribution in [0.5, 0.6) is 0 Å². The van der Waals surface area contributed by atoms with Crippen molar-refractivity contribution in [1.29, 1.82) is 5.26 Å². The zero-order valence-electron chi connectivity index (χ0n) is 13.1. The molecule has 1 heterocycles. The molecule has 0 N–H and O–H groups in total. The Morgan fingerprint density at radius 1 is 1.21 bits per heavy atom. The Morgan fingerprint density at radius 3 is 2.67 bits per heavy atom. The molecule has 0 saturated heterocycles. The Morgan fingerprint density at radius 2 is 1.96 bits per heavy atom. The average Bonchev–Trinajstić information content (AvgIpc) is 2.98. The van der Waals surface area contributed by atoms with Crippen LogP contribution in [0.25, 0.3) is 23.2 Å². The van der Waals surface area contributed by atoms with Crippen molar-refractivity contribution in [3.63, 3.8) is 0 Å². The van der Waals surface area contributed by atoms with Gasteiger partial charge in [0.15, 0.2) is 0 Å². The second-order valence-corrected chi connectivity index (χ2v) is 5.15. The van der Waals surface area contributed by atoms with Gasteiger partial charge in [0.25, 0.3) is 0 Å². The molecule has 0 amide bonds. The van der Waals surface area contributed by atoms with Gasteiger partial charge in [0.1, 0.15) is 12.4 Å². The summed E-state index contributed by atoms with van der Waals surface area (Å²) in [5.74, 6) is 0.358. The number of para-hydroxylation sites is 2. The van der Waals surface area contributed by atoms with Gasteiger partial charge in [0, 0.05) is 0 Å². The Hall–Kier alpha value is -3.39. The van der Waals surface area contributed by atoms with Crippen molar-refractivity contribution in [2.24, 2.45) is 0 Å². The number of methoxy groups -OCH3 is 1. The zero-order chi connectivity index (χ0) is 16.9. The molecule has 3 aromatic rings. The van der Waals surface area contributed by atoms with E-state index in [1.807, 2.05) is 53.1 Å². The van der Waals surface area contributed by atoms with E-state index in [1.165, 1.54) is 7.11 Å². The standard InChI is InChI=1S/C19H15N3O2/c1-24-19(23)15-9-6-14(7-10-15)8-11-18-21-16-4-2-3-5-17(16)22(18)13-12-20/h2-11H,13H2,1H3/b11-8+. The Kier molecular flexibility index (Phi) is 4.39. The minimum absolute atomic E-state index is 0.238. The highest BCUT2D eigenvalue weighted by atomic mass is 16.5. The van der Waals surface area contributed by atoms with Crippen molar-refractivity contribution in [3.05, 3.63) is 65.5 Å². The number of aromatic nitrogens is 2. The van der Waals surface area contributed by atoms with Gasteiger partial charge in [-0.25, -0.2) is 9.78 Å². The van der Waals surface area contributed by atoms with Crippen LogP contribution in [0.4, 0.5) is 0 Å². The number of fused-ring (bicyclic) bond motifs is 1. The van der Waals surface area contributed by atoms with Crippen molar-refractivity contribution < 1.29 is 9.53 Å². The fourth-order valence-electron chi connectivity index (χ4n) is 2.48. The number of hydrogen-bond acceptors (Lipinski definition) is 4. The molecule has 5 heteroatoms. The molecule has 0 fully saturated rings. The number of esters is 1. The first-order valence-corrected chi connectivity index (χ1v) is 7.41. The first kappa shape index (κ1) is 15.5. The third-order valence-corrected chi connectivity index (χ3v) is 3.67.